The third-order valence-electron chi connectivity index (χ3n) is 2.72. The highest BCUT2D eigenvalue weighted by Crippen LogP contribution is 2.16. The number of carbonyl (C=O) groups is 1. The molecule has 1 unspecified atom stereocenters. The molecule has 2 aromatic rings. The molecule has 1 heterocycles. The number of benzene rings is 1. The lowest BCUT2D eigenvalue weighted by Gasteiger charge is -2.14. The second kappa shape index (κ2) is 5.80. The number of rotatable bonds is 5. The van der Waals surface area contributed by atoms with Crippen LogP contribution in [0.2, 0.25) is 0 Å². The zero-order valence-corrected chi connectivity index (χ0v) is 10.9. The average Bonchev–Trinajstić information content (AvgIpc) is 2.84. The Morgan fingerprint density at radius 2 is 2.06 bits per heavy atom. The lowest BCUT2D eigenvalue weighted by molar-refractivity contribution is -0.139. The van der Waals surface area contributed by atoms with E-state index in [4.69, 9.17) is 0 Å². The minimum absolute atomic E-state index is 0.572. The molecule has 1 atom stereocenters. The number of aliphatic carboxylic acids is 1. The summed E-state index contributed by atoms with van der Waals surface area (Å²) in [6.07, 6.45) is 0. The van der Waals surface area contributed by atoms with Crippen LogP contribution in [-0.2, 0) is 11.3 Å². The Morgan fingerprint density at radius 3 is 2.61 bits per heavy atom. The van der Waals surface area contributed by atoms with Gasteiger partial charge in [0.2, 0.25) is 0 Å². The molecule has 18 heavy (non-hydrogen) atoms. The summed E-state index contributed by atoms with van der Waals surface area (Å²) in [5.74, 6) is -0.851. The van der Waals surface area contributed by atoms with E-state index < -0.39 is 12.0 Å². The van der Waals surface area contributed by atoms with Crippen LogP contribution < -0.4 is 5.32 Å². The maximum atomic E-state index is 11.3. The summed E-state index contributed by atoms with van der Waals surface area (Å²) in [4.78, 5) is 12.4. The van der Waals surface area contributed by atoms with E-state index in [1.54, 1.807) is 11.3 Å². The normalized spacial score (nSPS) is 12.3. The van der Waals surface area contributed by atoms with E-state index in [-0.39, 0.29) is 0 Å². The maximum absolute atomic E-state index is 11.3. The molecule has 0 bridgehead atoms. The van der Waals surface area contributed by atoms with Gasteiger partial charge in [-0.3, -0.25) is 10.1 Å². The van der Waals surface area contributed by atoms with E-state index in [1.165, 1.54) is 0 Å². The Morgan fingerprint density at radius 1 is 1.33 bits per heavy atom. The Hall–Kier alpha value is -1.65. The van der Waals surface area contributed by atoms with Crippen LogP contribution in [0, 0.1) is 6.92 Å². The molecule has 3 nitrogen and oxygen atoms in total. The molecule has 94 valence electrons. The monoisotopic (exact) mass is 261 g/mol. The first-order valence-electron chi connectivity index (χ1n) is 5.72. The smallest absolute Gasteiger partial charge is 0.325 e. The molecule has 0 aliphatic rings. The third-order valence-corrected chi connectivity index (χ3v) is 3.59. The van der Waals surface area contributed by atoms with Crippen LogP contribution in [0.3, 0.4) is 0 Å². The molecule has 1 aromatic heterocycles. The molecule has 0 fully saturated rings. The van der Waals surface area contributed by atoms with Crippen molar-refractivity contribution in [3.63, 3.8) is 0 Å². The molecule has 2 N–H and O–H groups in total. The third kappa shape index (κ3) is 3.18. The van der Waals surface area contributed by atoms with Crippen molar-refractivity contribution in [1.29, 1.82) is 0 Å². The first kappa shape index (κ1) is 12.8. The number of nitrogens with one attached hydrogen (secondary N) is 1. The zero-order valence-electron chi connectivity index (χ0n) is 10.1. The minimum Gasteiger partial charge on any atom is -0.480 e. The van der Waals surface area contributed by atoms with Crippen molar-refractivity contribution >= 4 is 17.3 Å². The highest BCUT2D eigenvalue weighted by molar-refractivity contribution is 7.09. The SMILES string of the molecule is Cc1ccc(C(NCc2cccs2)C(=O)O)cc1. The van der Waals surface area contributed by atoms with Crippen LogP contribution >= 0.6 is 11.3 Å². The summed E-state index contributed by atoms with van der Waals surface area (Å²) in [5.41, 5.74) is 1.91. The first-order valence-corrected chi connectivity index (χ1v) is 6.60. The van der Waals surface area contributed by atoms with Gasteiger partial charge in [0.15, 0.2) is 0 Å². The van der Waals surface area contributed by atoms with Crippen LogP contribution in [0.1, 0.15) is 22.0 Å². The number of carboxylic acid groups (broad SMARTS) is 1. The second-order valence-corrected chi connectivity index (χ2v) is 5.17. The maximum Gasteiger partial charge on any atom is 0.325 e. The molecule has 0 saturated heterocycles. The van der Waals surface area contributed by atoms with E-state index in [0.717, 1.165) is 16.0 Å². The zero-order chi connectivity index (χ0) is 13.0. The molecule has 0 amide bonds. The fourth-order valence-electron chi connectivity index (χ4n) is 1.72. The van der Waals surface area contributed by atoms with Crippen molar-refractivity contribution in [3.05, 3.63) is 57.8 Å². The summed E-state index contributed by atoms with van der Waals surface area (Å²) < 4.78 is 0. The summed E-state index contributed by atoms with van der Waals surface area (Å²) >= 11 is 1.62. The van der Waals surface area contributed by atoms with E-state index >= 15 is 0 Å². The summed E-state index contributed by atoms with van der Waals surface area (Å²) in [6, 6.07) is 10.9. The Bertz CT molecular complexity index is 505. The van der Waals surface area contributed by atoms with Gasteiger partial charge < -0.3 is 5.11 Å². The van der Waals surface area contributed by atoms with Crippen molar-refractivity contribution in [2.24, 2.45) is 0 Å². The second-order valence-electron chi connectivity index (χ2n) is 4.14. The van der Waals surface area contributed by atoms with Crippen molar-refractivity contribution < 1.29 is 9.90 Å². The average molecular weight is 261 g/mol. The molecule has 0 saturated carbocycles. The minimum atomic E-state index is -0.851. The predicted octanol–water partition coefficient (Wildman–Crippen LogP) is 2.97. The number of hydrogen-bond acceptors (Lipinski definition) is 3. The largest absolute Gasteiger partial charge is 0.480 e. The van der Waals surface area contributed by atoms with Crippen molar-refractivity contribution in [2.75, 3.05) is 0 Å². The molecular weight excluding hydrogens is 246 g/mol. The highest BCUT2D eigenvalue weighted by atomic mass is 32.1. The van der Waals surface area contributed by atoms with Gasteiger partial charge >= 0.3 is 5.97 Å². The number of hydrogen-bond donors (Lipinski definition) is 2. The van der Waals surface area contributed by atoms with Gasteiger partial charge in [-0.1, -0.05) is 35.9 Å². The van der Waals surface area contributed by atoms with Crippen molar-refractivity contribution in [1.82, 2.24) is 5.32 Å². The molecular formula is C14H15NO2S. The van der Waals surface area contributed by atoms with Crippen molar-refractivity contribution in [3.8, 4) is 0 Å². The lowest BCUT2D eigenvalue weighted by atomic mass is 10.1. The molecule has 0 spiro atoms. The van der Waals surface area contributed by atoms with E-state index in [1.807, 2.05) is 48.7 Å². The Balaban J connectivity index is 2.08. The quantitative estimate of drug-likeness (QED) is 0.870. The van der Waals surface area contributed by atoms with Gasteiger partial charge in [0.05, 0.1) is 0 Å². The van der Waals surface area contributed by atoms with E-state index in [0.29, 0.717) is 6.54 Å². The molecule has 2 rings (SSSR count). The van der Waals surface area contributed by atoms with Gasteiger partial charge in [0.25, 0.3) is 0 Å². The van der Waals surface area contributed by atoms with E-state index in [9.17, 15) is 9.90 Å². The van der Waals surface area contributed by atoms with Gasteiger partial charge in [0.1, 0.15) is 6.04 Å². The summed E-state index contributed by atoms with van der Waals surface area (Å²) in [6.45, 7) is 2.56. The summed E-state index contributed by atoms with van der Waals surface area (Å²) in [5, 5.41) is 14.3. The molecule has 0 aliphatic carbocycles. The molecule has 4 heteroatoms. The van der Waals surface area contributed by atoms with Crippen LogP contribution in [-0.4, -0.2) is 11.1 Å². The standard InChI is InChI=1S/C14H15NO2S/c1-10-4-6-11(7-5-10)13(14(16)17)15-9-12-3-2-8-18-12/h2-8,13,15H,9H2,1H3,(H,16,17). The first-order chi connectivity index (χ1) is 8.66. The fraction of sp³-hybridized carbons (Fsp3) is 0.214. The fourth-order valence-corrected chi connectivity index (χ4v) is 2.38. The van der Waals surface area contributed by atoms with Crippen molar-refractivity contribution in [2.45, 2.75) is 19.5 Å². The van der Waals surface area contributed by atoms with Crippen LogP contribution in [0.25, 0.3) is 0 Å². The van der Waals surface area contributed by atoms with Crippen LogP contribution in [0.15, 0.2) is 41.8 Å². The number of thiophene rings is 1. The molecule has 1 aromatic carbocycles. The van der Waals surface area contributed by atoms with Crippen LogP contribution in [0.5, 0.6) is 0 Å². The lowest BCUT2D eigenvalue weighted by Crippen LogP contribution is -2.27. The topological polar surface area (TPSA) is 49.3 Å². The Labute approximate surface area is 110 Å². The Kier molecular flexibility index (Phi) is 4.12. The van der Waals surface area contributed by atoms with Gasteiger partial charge in [-0.05, 0) is 23.9 Å². The number of carboxylic acids is 1. The molecule has 0 aliphatic heterocycles. The van der Waals surface area contributed by atoms with E-state index in [2.05, 4.69) is 5.32 Å². The van der Waals surface area contributed by atoms with Gasteiger partial charge in [-0.25, -0.2) is 0 Å². The summed E-state index contributed by atoms with van der Waals surface area (Å²) in [7, 11) is 0. The van der Waals surface area contributed by atoms with Gasteiger partial charge in [-0.15, -0.1) is 11.3 Å². The predicted molar refractivity (Wildman–Crippen MR) is 72.7 cm³/mol. The van der Waals surface area contributed by atoms with Gasteiger partial charge in [0, 0.05) is 11.4 Å². The van der Waals surface area contributed by atoms with Crippen LogP contribution in [0.4, 0.5) is 0 Å². The molecule has 0 radical (unpaired) electrons. The number of aryl methyl sites for hydroxylation is 1. The highest BCUT2D eigenvalue weighted by Gasteiger charge is 2.18. The van der Waals surface area contributed by atoms with Gasteiger partial charge in [-0.2, -0.15) is 0 Å².